The van der Waals surface area contributed by atoms with Crippen LogP contribution in [0, 0.1) is 12.8 Å². The zero-order chi connectivity index (χ0) is 25.4. The molecule has 0 aliphatic heterocycles. The van der Waals surface area contributed by atoms with E-state index < -0.39 is 5.60 Å². The Kier molecular flexibility index (Phi) is 6.86. The van der Waals surface area contributed by atoms with Gasteiger partial charge < -0.3 is 10.0 Å². The van der Waals surface area contributed by atoms with E-state index in [2.05, 4.69) is 95.4 Å². The number of nitrogens with zero attached hydrogens (tertiary/aromatic N) is 2. The molecule has 0 fully saturated rings. The zero-order valence-electron chi connectivity index (χ0n) is 21.4. The van der Waals surface area contributed by atoms with Gasteiger partial charge >= 0.3 is 0 Å². The second kappa shape index (κ2) is 9.93. The van der Waals surface area contributed by atoms with Gasteiger partial charge in [0.25, 0.3) is 0 Å². The van der Waals surface area contributed by atoms with Crippen LogP contribution in [-0.4, -0.2) is 35.6 Å². The van der Waals surface area contributed by atoms with Crippen LogP contribution in [0.15, 0.2) is 88.9 Å². The first kappa shape index (κ1) is 24.9. The van der Waals surface area contributed by atoms with E-state index in [0.717, 1.165) is 55.9 Å². The summed E-state index contributed by atoms with van der Waals surface area (Å²) in [5, 5.41) is 15.9. The minimum Gasteiger partial charge on any atom is -0.380 e. The van der Waals surface area contributed by atoms with E-state index in [1.54, 1.807) is 0 Å². The smallest absolute Gasteiger partial charge is 0.119 e. The standard InChI is InChI=1S/C32H33BrN2O/c1-21-9-7-12-24(21)17-25-18-26-19-27(33)20-30(31(26)34-22(25)2)32(36,15-16-35(3)4)29-14-8-11-23-10-5-6-13-28(23)29/h5-14,18-21,36H,15-17H2,1-4H3. The van der Waals surface area contributed by atoms with Gasteiger partial charge in [0.05, 0.1) is 5.52 Å². The van der Waals surface area contributed by atoms with Gasteiger partial charge in [0.1, 0.15) is 5.60 Å². The number of allylic oxidation sites excluding steroid dienone is 4. The molecular weight excluding hydrogens is 508 g/mol. The lowest BCUT2D eigenvalue weighted by Crippen LogP contribution is -2.32. The Morgan fingerprint density at radius 3 is 2.53 bits per heavy atom. The summed E-state index contributed by atoms with van der Waals surface area (Å²) < 4.78 is 0.945. The molecule has 0 amide bonds. The summed E-state index contributed by atoms with van der Waals surface area (Å²) >= 11 is 3.75. The zero-order valence-corrected chi connectivity index (χ0v) is 23.0. The minimum atomic E-state index is -1.21. The molecule has 0 saturated carbocycles. The number of fused-ring (bicyclic) bond motifs is 2. The fourth-order valence-corrected chi connectivity index (χ4v) is 5.80. The lowest BCUT2D eigenvalue weighted by atomic mass is 9.80. The third-order valence-corrected chi connectivity index (χ3v) is 7.93. The number of pyridine rings is 1. The highest BCUT2D eigenvalue weighted by molar-refractivity contribution is 9.10. The molecule has 4 aromatic rings. The van der Waals surface area contributed by atoms with Gasteiger partial charge in [-0.3, -0.25) is 4.98 Å². The molecule has 1 aliphatic rings. The Labute approximate surface area is 222 Å². The van der Waals surface area contributed by atoms with Crippen molar-refractivity contribution in [3.05, 3.63) is 111 Å². The first-order valence-corrected chi connectivity index (χ1v) is 13.4. The van der Waals surface area contributed by atoms with Crippen LogP contribution >= 0.6 is 15.9 Å². The fraction of sp³-hybridized carbons (Fsp3) is 0.281. The van der Waals surface area contributed by atoms with E-state index >= 15 is 0 Å². The third kappa shape index (κ3) is 4.66. The average Bonchev–Trinajstić information content (AvgIpc) is 3.26. The summed E-state index contributed by atoms with van der Waals surface area (Å²) in [6.45, 7) is 5.07. The van der Waals surface area contributed by atoms with E-state index in [1.807, 2.05) is 32.3 Å². The van der Waals surface area contributed by atoms with Crippen molar-refractivity contribution in [3.63, 3.8) is 0 Å². The predicted molar refractivity (Wildman–Crippen MR) is 154 cm³/mol. The summed E-state index contributed by atoms with van der Waals surface area (Å²) in [7, 11) is 4.09. The topological polar surface area (TPSA) is 36.4 Å². The summed E-state index contributed by atoms with van der Waals surface area (Å²) in [4.78, 5) is 7.26. The lowest BCUT2D eigenvalue weighted by molar-refractivity contribution is 0.0656. The highest BCUT2D eigenvalue weighted by atomic mass is 79.9. The molecule has 1 aromatic heterocycles. The van der Waals surface area contributed by atoms with E-state index in [-0.39, 0.29) is 0 Å². The summed E-state index contributed by atoms with van der Waals surface area (Å²) in [5.41, 5.74) is 5.07. The largest absolute Gasteiger partial charge is 0.380 e. The molecule has 0 bridgehead atoms. The normalized spacial score (nSPS) is 17.2. The Bertz CT molecular complexity index is 1500. The van der Waals surface area contributed by atoms with Gasteiger partial charge in [-0.2, -0.15) is 0 Å². The summed E-state index contributed by atoms with van der Waals surface area (Å²) in [6.07, 6.45) is 8.05. The lowest BCUT2D eigenvalue weighted by Gasteiger charge is -2.33. The Morgan fingerprint density at radius 2 is 1.78 bits per heavy atom. The van der Waals surface area contributed by atoms with Crippen molar-refractivity contribution in [2.24, 2.45) is 5.92 Å². The van der Waals surface area contributed by atoms with Gasteiger partial charge in [-0.25, -0.2) is 0 Å². The van der Waals surface area contributed by atoms with Crippen molar-refractivity contribution in [3.8, 4) is 0 Å². The van der Waals surface area contributed by atoms with Crippen LogP contribution in [0.4, 0.5) is 0 Å². The molecule has 3 aromatic carbocycles. The van der Waals surface area contributed by atoms with Crippen LogP contribution in [0.3, 0.4) is 0 Å². The monoisotopic (exact) mass is 540 g/mol. The number of hydrogen-bond acceptors (Lipinski definition) is 3. The molecular formula is C32H33BrN2O. The van der Waals surface area contributed by atoms with E-state index in [1.165, 1.54) is 11.1 Å². The van der Waals surface area contributed by atoms with Gasteiger partial charge in [-0.15, -0.1) is 0 Å². The molecule has 1 N–H and O–H groups in total. The van der Waals surface area contributed by atoms with E-state index in [9.17, 15) is 5.11 Å². The van der Waals surface area contributed by atoms with Crippen LogP contribution in [0.1, 0.15) is 35.7 Å². The Hall–Kier alpha value is -2.79. The summed E-state index contributed by atoms with van der Waals surface area (Å²) in [6, 6.07) is 20.9. The minimum absolute atomic E-state index is 0.459. The predicted octanol–water partition coefficient (Wildman–Crippen LogP) is 7.32. The number of hydrogen-bond donors (Lipinski definition) is 1. The van der Waals surface area contributed by atoms with Crippen LogP contribution < -0.4 is 0 Å². The van der Waals surface area contributed by atoms with Crippen molar-refractivity contribution in [1.82, 2.24) is 9.88 Å². The second-order valence-electron chi connectivity index (χ2n) is 10.3. The number of rotatable bonds is 7. The molecule has 2 unspecified atom stereocenters. The van der Waals surface area contributed by atoms with Crippen LogP contribution in [0.5, 0.6) is 0 Å². The van der Waals surface area contributed by atoms with Crippen molar-refractivity contribution in [2.45, 2.75) is 32.3 Å². The maximum Gasteiger partial charge on any atom is 0.119 e. The number of benzene rings is 3. The van der Waals surface area contributed by atoms with Crippen molar-refractivity contribution in [2.75, 3.05) is 20.6 Å². The number of aromatic nitrogens is 1. The van der Waals surface area contributed by atoms with Gasteiger partial charge in [0, 0.05) is 27.7 Å². The molecule has 184 valence electrons. The Balaban J connectivity index is 1.71. The number of aryl methyl sites for hydroxylation is 1. The van der Waals surface area contributed by atoms with Crippen LogP contribution in [-0.2, 0) is 12.0 Å². The maximum atomic E-state index is 12.6. The molecule has 0 spiro atoms. The average molecular weight is 542 g/mol. The fourth-order valence-electron chi connectivity index (χ4n) is 5.33. The van der Waals surface area contributed by atoms with E-state index in [0.29, 0.717) is 12.3 Å². The molecule has 3 nitrogen and oxygen atoms in total. The molecule has 2 atom stereocenters. The quantitative estimate of drug-likeness (QED) is 0.266. The first-order valence-electron chi connectivity index (χ1n) is 12.6. The first-order chi connectivity index (χ1) is 17.3. The van der Waals surface area contributed by atoms with Crippen molar-refractivity contribution >= 4 is 37.6 Å². The van der Waals surface area contributed by atoms with Gasteiger partial charge in [0.15, 0.2) is 0 Å². The second-order valence-corrected chi connectivity index (χ2v) is 11.2. The van der Waals surface area contributed by atoms with Gasteiger partial charge in [0.2, 0.25) is 0 Å². The molecule has 5 rings (SSSR count). The van der Waals surface area contributed by atoms with Crippen molar-refractivity contribution < 1.29 is 5.11 Å². The van der Waals surface area contributed by atoms with Gasteiger partial charge in [-0.05, 0) is 79.9 Å². The highest BCUT2D eigenvalue weighted by Crippen LogP contribution is 2.42. The summed E-state index contributed by atoms with van der Waals surface area (Å²) in [5.74, 6) is 0.459. The van der Waals surface area contributed by atoms with Gasteiger partial charge in [-0.1, -0.05) is 89.1 Å². The number of halogens is 1. The SMILES string of the molecule is Cc1nc2c(C(O)(CCN(C)C)c3cccc4ccccc34)cc(Br)cc2cc1CC1=CC=CC1C. The molecule has 36 heavy (non-hydrogen) atoms. The molecule has 1 aliphatic carbocycles. The van der Waals surface area contributed by atoms with Crippen molar-refractivity contribution in [1.29, 1.82) is 0 Å². The Morgan fingerprint density at radius 1 is 1.00 bits per heavy atom. The number of aliphatic hydroxyl groups is 1. The highest BCUT2D eigenvalue weighted by Gasteiger charge is 2.35. The maximum absolute atomic E-state index is 12.6. The van der Waals surface area contributed by atoms with E-state index in [4.69, 9.17) is 4.98 Å². The molecule has 0 saturated heterocycles. The molecule has 4 heteroatoms. The molecule has 1 heterocycles. The third-order valence-electron chi connectivity index (χ3n) is 7.47. The van der Waals surface area contributed by atoms with Crippen LogP contribution in [0.25, 0.3) is 21.7 Å². The van der Waals surface area contributed by atoms with Crippen LogP contribution in [0.2, 0.25) is 0 Å². The molecule has 0 radical (unpaired) electrons.